The van der Waals surface area contributed by atoms with E-state index in [1.807, 2.05) is 0 Å². The summed E-state index contributed by atoms with van der Waals surface area (Å²) in [5.74, 6) is -2.66. The number of carbonyl (C=O) groups is 3. The number of hydrogen-bond acceptors (Lipinski definition) is 9. The van der Waals surface area contributed by atoms with E-state index in [-0.39, 0.29) is 48.9 Å². The average molecular weight is 728 g/mol. The number of halogens is 3. The van der Waals surface area contributed by atoms with Gasteiger partial charge in [0, 0.05) is 43.6 Å². The van der Waals surface area contributed by atoms with Gasteiger partial charge in [-0.1, -0.05) is 47.5 Å². The minimum atomic E-state index is -1.39. The molecule has 2 N–H and O–H groups in total. The van der Waals surface area contributed by atoms with Crippen LogP contribution in [0.4, 0.5) is 26.2 Å². The van der Waals surface area contributed by atoms with Gasteiger partial charge in [0.1, 0.15) is 11.3 Å². The number of para-hydroxylation sites is 2. The van der Waals surface area contributed by atoms with Crippen molar-refractivity contribution in [2.45, 2.75) is 38.3 Å². The number of amides is 1. The van der Waals surface area contributed by atoms with Gasteiger partial charge in [0.05, 0.1) is 40.2 Å². The van der Waals surface area contributed by atoms with Gasteiger partial charge in [-0.3, -0.25) is 9.59 Å². The van der Waals surface area contributed by atoms with Crippen molar-refractivity contribution in [2.75, 3.05) is 43.8 Å². The zero-order valence-electron chi connectivity index (χ0n) is 27.1. The number of esters is 1. The van der Waals surface area contributed by atoms with Gasteiger partial charge in [0.2, 0.25) is 12.2 Å². The molecule has 1 aliphatic heterocycles. The van der Waals surface area contributed by atoms with Crippen molar-refractivity contribution in [3.8, 4) is 5.75 Å². The third-order valence-corrected chi connectivity index (χ3v) is 9.36. The van der Waals surface area contributed by atoms with Gasteiger partial charge in [-0.25, -0.2) is 14.0 Å². The normalized spacial score (nSPS) is 15.9. The van der Waals surface area contributed by atoms with Gasteiger partial charge in [0.15, 0.2) is 11.6 Å². The summed E-state index contributed by atoms with van der Waals surface area (Å²) in [5, 5.41) is 13.5. The molecule has 1 unspecified atom stereocenters. The molecule has 1 atom stereocenters. The van der Waals surface area contributed by atoms with E-state index < -0.39 is 47.7 Å². The molecular formula is C35H33Cl2FN4O8. The summed E-state index contributed by atoms with van der Waals surface area (Å²) in [5.41, 5.74) is 0.902. The van der Waals surface area contributed by atoms with E-state index in [1.165, 1.54) is 18.2 Å². The lowest BCUT2D eigenvalue weighted by Crippen LogP contribution is -2.54. The van der Waals surface area contributed by atoms with Gasteiger partial charge >= 0.3 is 18.0 Å². The van der Waals surface area contributed by atoms with Gasteiger partial charge in [-0.05, 0) is 49.6 Å². The molecular weight excluding hydrogens is 694 g/mol. The minimum absolute atomic E-state index is 0.0399. The maximum atomic E-state index is 15.8. The number of ether oxygens (including phenoxy) is 3. The number of hydrogen-bond donors (Lipinski definition) is 2. The van der Waals surface area contributed by atoms with Crippen LogP contribution < -0.4 is 20.4 Å². The van der Waals surface area contributed by atoms with E-state index in [2.05, 4.69) is 5.32 Å². The second-order valence-electron chi connectivity index (χ2n) is 12.0. The van der Waals surface area contributed by atoms with Crippen molar-refractivity contribution < 1.29 is 38.1 Å². The molecule has 4 aromatic rings. The van der Waals surface area contributed by atoms with Crippen LogP contribution in [0.5, 0.6) is 5.75 Å². The van der Waals surface area contributed by atoms with Gasteiger partial charge in [0.25, 0.3) is 0 Å². The summed E-state index contributed by atoms with van der Waals surface area (Å²) in [7, 11) is 1.37. The Balaban J connectivity index is 1.09. The van der Waals surface area contributed by atoms with Crippen molar-refractivity contribution in [2.24, 2.45) is 0 Å². The van der Waals surface area contributed by atoms with Crippen LogP contribution in [0.15, 0.2) is 59.5 Å². The number of benzene rings is 3. The molecule has 12 nitrogen and oxygen atoms in total. The highest BCUT2D eigenvalue weighted by Gasteiger charge is 2.35. The molecule has 15 heteroatoms. The maximum Gasteiger partial charge on any atom is 0.413 e. The van der Waals surface area contributed by atoms with Gasteiger partial charge < -0.3 is 39.0 Å². The fourth-order valence-electron chi connectivity index (χ4n) is 6.14. The van der Waals surface area contributed by atoms with E-state index in [0.717, 1.165) is 18.9 Å². The summed E-state index contributed by atoms with van der Waals surface area (Å²) < 4.78 is 33.6. The van der Waals surface area contributed by atoms with Crippen LogP contribution in [-0.4, -0.2) is 72.2 Å². The fourth-order valence-corrected chi connectivity index (χ4v) is 6.63. The van der Waals surface area contributed by atoms with Crippen LogP contribution in [0.1, 0.15) is 41.7 Å². The van der Waals surface area contributed by atoms with E-state index in [4.69, 9.17) is 37.4 Å². The lowest BCUT2D eigenvalue weighted by molar-refractivity contribution is -0.151. The van der Waals surface area contributed by atoms with E-state index >= 15 is 4.39 Å². The van der Waals surface area contributed by atoms with Crippen LogP contribution in [-0.2, 0) is 20.7 Å². The van der Waals surface area contributed by atoms with Gasteiger partial charge in [-0.15, -0.1) is 0 Å². The number of carboxylic acid groups (broad SMARTS) is 1. The number of nitrogens with one attached hydrogen (secondary N) is 1. The van der Waals surface area contributed by atoms with Crippen molar-refractivity contribution in [1.82, 2.24) is 9.47 Å². The summed E-state index contributed by atoms with van der Waals surface area (Å²) in [6.07, 6.45) is 2.02. The van der Waals surface area contributed by atoms with Crippen LogP contribution >= 0.6 is 23.2 Å². The van der Waals surface area contributed by atoms with Crippen LogP contribution in [0.25, 0.3) is 10.9 Å². The Morgan fingerprint density at radius 3 is 2.42 bits per heavy atom. The third-order valence-electron chi connectivity index (χ3n) is 8.73. The highest BCUT2D eigenvalue weighted by Crippen LogP contribution is 2.44. The SMILES string of the molecule is COc1c(N2CCN(C(=O)OCOC(=O)Cc3ccccc3Nc3c(Cl)cccc3Cl)C(C)C2)c(F)cc2c(=O)c(C(=O)O)cn(C3CC3)c12. The highest BCUT2D eigenvalue weighted by atomic mass is 35.5. The molecule has 0 radical (unpaired) electrons. The Hall–Kier alpha value is -5.01. The van der Waals surface area contributed by atoms with Crippen molar-refractivity contribution >= 4 is 69.2 Å². The minimum Gasteiger partial charge on any atom is -0.492 e. The first-order chi connectivity index (χ1) is 24.0. The first-order valence-electron chi connectivity index (χ1n) is 15.8. The Morgan fingerprint density at radius 1 is 1.04 bits per heavy atom. The number of pyridine rings is 1. The first kappa shape index (κ1) is 34.8. The molecule has 1 saturated carbocycles. The maximum absolute atomic E-state index is 15.8. The summed E-state index contributed by atoms with van der Waals surface area (Å²) in [4.78, 5) is 53.7. The molecule has 1 saturated heterocycles. The number of anilines is 3. The lowest BCUT2D eigenvalue weighted by atomic mass is 10.1. The first-order valence-corrected chi connectivity index (χ1v) is 16.6. The number of aromatic carboxylic acids is 1. The smallest absolute Gasteiger partial charge is 0.413 e. The number of carboxylic acids is 1. The molecule has 1 aromatic heterocycles. The van der Waals surface area contributed by atoms with Crippen LogP contribution in [0.3, 0.4) is 0 Å². The van der Waals surface area contributed by atoms with Crippen LogP contribution in [0, 0.1) is 5.82 Å². The highest BCUT2D eigenvalue weighted by molar-refractivity contribution is 6.39. The Bertz CT molecular complexity index is 2030. The summed E-state index contributed by atoms with van der Waals surface area (Å²) in [6, 6.07) is 12.7. The average Bonchev–Trinajstić information content (AvgIpc) is 3.92. The molecule has 2 aliphatic rings. The van der Waals surface area contributed by atoms with Crippen LogP contribution in [0.2, 0.25) is 10.0 Å². The molecule has 2 heterocycles. The summed E-state index contributed by atoms with van der Waals surface area (Å²) >= 11 is 12.6. The molecule has 6 rings (SSSR count). The lowest BCUT2D eigenvalue weighted by Gasteiger charge is -2.40. The number of piperazine rings is 1. The fraction of sp³-hybridized carbons (Fsp3) is 0.314. The van der Waals surface area contributed by atoms with E-state index in [9.17, 15) is 24.3 Å². The van der Waals surface area contributed by atoms with Crippen molar-refractivity contribution in [1.29, 1.82) is 0 Å². The molecule has 3 aromatic carbocycles. The molecule has 262 valence electrons. The molecule has 2 fully saturated rings. The zero-order chi connectivity index (χ0) is 35.7. The molecule has 1 amide bonds. The molecule has 0 bridgehead atoms. The van der Waals surface area contributed by atoms with Crippen molar-refractivity contribution in [3.63, 3.8) is 0 Å². The largest absolute Gasteiger partial charge is 0.492 e. The number of methoxy groups -OCH3 is 1. The zero-order valence-corrected chi connectivity index (χ0v) is 28.6. The number of rotatable bonds is 10. The second kappa shape index (κ2) is 14.5. The number of nitrogens with zero attached hydrogens (tertiary/aromatic N) is 3. The monoisotopic (exact) mass is 726 g/mol. The predicted molar refractivity (Wildman–Crippen MR) is 186 cm³/mol. The van der Waals surface area contributed by atoms with E-state index in [1.54, 1.807) is 58.9 Å². The number of aromatic nitrogens is 1. The summed E-state index contributed by atoms with van der Waals surface area (Å²) in [6.45, 7) is 1.68. The third kappa shape index (κ3) is 7.01. The van der Waals surface area contributed by atoms with Crippen molar-refractivity contribution in [3.05, 3.63) is 91.9 Å². The second-order valence-corrected chi connectivity index (χ2v) is 12.9. The topological polar surface area (TPSA) is 140 Å². The van der Waals surface area contributed by atoms with E-state index in [0.29, 0.717) is 32.5 Å². The standard InChI is InChI=1S/C35H33Cl2FN4O8/c1-19-16-40(31-26(38)15-22-30(33(31)48-2)42(21-10-11-21)17-23(32(22)44)34(45)46)12-13-41(19)35(47)50-18-49-28(43)14-20-6-3-4-9-27(20)39-29-24(36)7-5-8-25(29)37/h3-9,15,17,19,21,39H,10-14,16,18H2,1-2H3,(H,45,46). The Morgan fingerprint density at radius 2 is 1.76 bits per heavy atom. The number of carbonyl (C=O) groups excluding carboxylic acids is 2. The number of fused-ring (bicyclic) bond motifs is 1. The molecule has 0 spiro atoms. The molecule has 50 heavy (non-hydrogen) atoms. The predicted octanol–water partition coefficient (Wildman–Crippen LogP) is 6.62. The Labute approximate surface area is 295 Å². The van der Waals surface area contributed by atoms with Gasteiger partial charge in [-0.2, -0.15) is 0 Å². The molecule has 1 aliphatic carbocycles. The quantitative estimate of drug-likeness (QED) is 0.135. The Kier molecular flexibility index (Phi) is 10.1.